The zero-order chi connectivity index (χ0) is 9.97. The van der Waals surface area contributed by atoms with Crippen molar-refractivity contribution in [3.63, 3.8) is 0 Å². The standard InChI is InChI=1S/C9H11ClIN3/c10-9-12-5-7(11)8(14-9)13-6-3-1-2-4-6/h5-6H,1-4H2,(H,12,13,14). The summed E-state index contributed by atoms with van der Waals surface area (Å²) in [6, 6.07) is 0.564. The van der Waals surface area contributed by atoms with Crippen LogP contribution in [0.4, 0.5) is 5.82 Å². The summed E-state index contributed by atoms with van der Waals surface area (Å²) >= 11 is 7.95. The summed E-state index contributed by atoms with van der Waals surface area (Å²) in [4.78, 5) is 8.09. The summed E-state index contributed by atoms with van der Waals surface area (Å²) in [7, 11) is 0. The minimum Gasteiger partial charge on any atom is -0.366 e. The topological polar surface area (TPSA) is 37.8 Å². The first-order valence-corrected chi connectivity index (χ1v) is 6.16. The van der Waals surface area contributed by atoms with E-state index >= 15 is 0 Å². The third-order valence-electron chi connectivity index (χ3n) is 2.41. The van der Waals surface area contributed by atoms with Gasteiger partial charge in [0.05, 0.1) is 3.57 Å². The monoisotopic (exact) mass is 323 g/mol. The van der Waals surface area contributed by atoms with E-state index in [1.807, 2.05) is 0 Å². The number of hydrogen-bond donors (Lipinski definition) is 1. The Morgan fingerprint density at radius 2 is 2.14 bits per heavy atom. The van der Waals surface area contributed by atoms with Crippen LogP contribution in [0.5, 0.6) is 0 Å². The molecule has 0 radical (unpaired) electrons. The largest absolute Gasteiger partial charge is 0.366 e. The van der Waals surface area contributed by atoms with E-state index in [2.05, 4.69) is 37.9 Å². The van der Waals surface area contributed by atoms with Crippen molar-refractivity contribution in [2.24, 2.45) is 0 Å². The van der Waals surface area contributed by atoms with Crippen molar-refractivity contribution < 1.29 is 0 Å². The van der Waals surface area contributed by atoms with Crippen molar-refractivity contribution in [1.82, 2.24) is 9.97 Å². The lowest BCUT2D eigenvalue weighted by Crippen LogP contribution is -2.16. The van der Waals surface area contributed by atoms with Crippen LogP contribution in [0.3, 0.4) is 0 Å². The quantitative estimate of drug-likeness (QED) is 0.671. The van der Waals surface area contributed by atoms with E-state index in [4.69, 9.17) is 11.6 Å². The molecule has 0 saturated heterocycles. The first-order chi connectivity index (χ1) is 6.75. The number of hydrogen-bond acceptors (Lipinski definition) is 3. The molecular weight excluding hydrogens is 312 g/mol. The van der Waals surface area contributed by atoms with Gasteiger partial charge in [-0.3, -0.25) is 0 Å². The summed E-state index contributed by atoms with van der Waals surface area (Å²) in [6.45, 7) is 0. The van der Waals surface area contributed by atoms with E-state index in [9.17, 15) is 0 Å². The predicted molar refractivity (Wildman–Crippen MR) is 65.6 cm³/mol. The van der Waals surface area contributed by atoms with E-state index in [1.165, 1.54) is 25.7 Å². The van der Waals surface area contributed by atoms with Gasteiger partial charge in [-0.1, -0.05) is 12.8 Å². The van der Waals surface area contributed by atoms with Crippen LogP contribution in [-0.4, -0.2) is 16.0 Å². The summed E-state index contributed by atoms with van der Waals surface area (Å²) < 4.78 is 1.03. The van der Waals surface area contributed by atoms with Crippen molar-refractivity contribution in [1.29, 1.82) is 0 Å². The zero-order valence-electron chi connectivity index (χ0n) is 7.63. The molecule has 76 valence electrons. The number of rotatable bonds is 2. The Morgan fingerprint density at radius 3 is 2.86 bits per heavy atom. The fourth-order valence-electron chi connectivity index (χ4n) is 1.71. The van der Waals surface area contributed by atoms with Gasteiger partial charge in [0.1, 0.15) is 5.82 Å². The van der Waals surface area contributed by atoms with Gasteiger partial charge in [-0.15, -0.1) is 0 Å². The second kappa shape index (κ2) is 4.61. The van der Waals surface area contributed by atoms with Gasteiger partial charge in [0, 0.05) is 12.2 Å². The lowest BCUT2D eigenvalue weighted by molar-refractivity contribution is 0.748. The Kier molecular flexibility index (Phi) is 3.43. The summed E-state index contributed by atoms with van der Waals surface area (Å²) in [6.07, 6.45) is 6.84. The molecule has 0 spiro atoms. The molecule has 14 heavy (non-hydrogen) atoms. The number of halogens is 2. The zero-order valence-corrected chi connectivity index (χ0v) is 10.5. The van der Waals surface area contributed by atoms with E-state index in [1.54, 1.807) is 6.20 Å². The average Bonchev–Trinajstić information content (AvgIpc) is 2.64. The molecule has 1 saturated carbocycles. The molecule has 3 nitrogen and oxygen atoms in total. The fraction of sp³-hybridized carbons (Fsp3) is 0.556. The number of aromatic nitrogens is 2. The van der Waals surface area contributed by atoms with E-state index in [-0.39, 0.29) is 0 Å². The number of anilines is 1. The molecular formula is C9H11ClIN3. The molecule has 1 aromatic rings. The van der Waals surface area contributed by atoms with Crippen LogP contribution < -0.4 is 5.32 Å². The highest BCUT2D eigenvalue weighted by Gasteiger charge is 2.16. The van der Waals surface area contributed by atoms with Crippen LogP contribution >= 0.6 is 34.2 Å². The summed E-state index contributed by atoms with van der Waals surface area (Å²) in [5.41, 5.74) is 0. The second-order valence-corrected chi connectivity index (χ2v) is 4.96. The van der Waals surface area contributed by atoms with Gasteiger partial charge in [0.15, 0.2) is 0 Å². The van der Waals surface area contributed by atoms with Crippen LogP contribution in [0.15, 0.2) is 6.20 Å². The van der Waals surface area contributed by atoms with Gasteiger partial charge in [0.25, 0.3) is 0 Å². The third-order valence-corrected chi connectivity index (χ3v) is 3.38. The molecule has 1 aliphatic rings. The van der Waals surface area contributed by atoms with Crippen molar-refractivity contribution in [2.75, 3.05) is 5.32 Å². The Hall–Kier alpha value is -0.100. The highest BCUT2D eigenvalue weighted by Crippen LogP contribution is 2.24. The van der Waals surface area contributed by atoms with Crippen molar-refractivity contribution >= 4 is 40.0 Å². The van der Waals surface area contributed by atoms with Crippen molar-refractivity contribution in [2.45, 2.75) is 31.7 Å². The molecule has 0 aliphatic heterocycles. The van der Waals surface area contributed by atoms with Gasteiger partial charge in [-0.2, -0.15) is 4.98 Å². The molecule has 1 fully saturated rings. The highest BCUT2D eigenvalue weighted by atomic mass is 127. The van der Waals surface area contributed by atoms with Crippen LogP contribution in [0, 0.1) is 3.57 Å². The lowest BCUT2D eigenvalue weighted by Gasteiger charge is -2.13. The molecule has 0 amide bonds. The minimum absolute atomic E-state index is 0.311. The molecule has 1 N–H and O–H groups in total. The normalized spacial score (nSPS) is 17.3. The van der Waals surface area contributed by atoms with Gasteiger partial charge >= 0.3 is 0 Å². The number of nitrogens with zero attached hydrogens (tertiary/aromatic N) is 2. The number of nitrogens with one attached hydrogen (secondary N) is 1. The van der Waals surface area contributed by atoms with E-state index in [0.717, 1.165) is 9.39 Å². The maximum atomic E-state index is 5.74. The molecule has 0 bridgehead atoms. The highest BCUT2D eigenvalue weighted by molar-refractivity contribution is 14.1. The second-order valence-electron chi connectivity index (χ2n) is 3.46. The molecule has 2 rings (SSSR count). The molecule has 0 aromatic carbocycles. The van der Waals surface area contributed by atoms with Gasteiger partial charge in [-0.25, -0.2) is 4.98 Å². The third kappa shape index (κ3) is 2.48. The SMILES string of the molecule is Clc1ncc(I)c(NC2CCCC2)n1. The maximum absolute atomic E-state index is 5.74. The van der Waals surface area contributed by atoms with Gasteiger partial charge in [-0.05, 0) is 47.0 Å². The fourth-order valence-corrected chi connectivity index (χ4v) is 2.26. The van der Waals surface area contributed by atoms with E-state index in [0.29, 0.717) is 11.3 Å². The summed E-state index contributed by atoms with van der Waals surface area (Å²) in [5, 5.41) is 3.72. The first kappa shape index (κ1) is 10.4. The predicted octanol–water partition coefficient (Wildman–Crippen LogP) is 3.09. The molecule has 0 unspecified atom stereocenters. The van der Waals surface area contributed by atoms with Crippen molar-refractivity contribution in [3.8, 4) is 0 Å². The maximum Gasteiger partial charge on any atom is 0.224 e. The summed E-state index contributed by atoms with van der Waals surface area (Å²) in [5.74, 6) is 0.873. The lowest BCUT2D eigenvalue weighted by atomic mass is 10.2. The van der Waals surface area contributed by atoms with Crippen molar-refractivity contribution in [3.05, 3.63) is 15.1 Å². The van der Waals surface area contributed by atoms with Crippen LogP contribution in [0.25, 0.3) is 0 Å². The minimum atomic E-state index is 0.311. The average molecular weight is 324 g/mol. The Labute approximate surface area is 102 Å². The molecule has 5 heteroatoms. The molecule has 1 aromatic heterocycles. The molecule has 1 heterocycles. The van der Waals surface area contributed by atoms with Gasteiger partial charge in [0.2, 0.25) is 5.28 Å². The van der Waals surface area contributed by atoms with Crippen LogP contribution in [-0.2, 0) is 0 Å². The Balaban J connectivity index is 2.10. The first-order valence-electron chi connectivity index (χ1n) is 4.70. The molecule has 0 atom stereocenters. The molecule has 1 aliphatic carbocycles. The van der Waals surface area contributed by atoms with Crippen LogP contribution in [0.1, 0.15) is 25.7 Å². The van der Waals surface area contributed by atoms with Gasteiger partial charge < -0.3 is 5.32 Å². The van der Waals surface area contributed by atoms with E-state index < -0.39 is 0 Å². The smallest absolute Gasteiger partial charge is 0.224 e. The Morgan fingerprint density at radius 1 is 1.43 bits per heavy atom. The van der Waals surface area contributed by atoms with Crippen LogP contribution in [0.2, 0.25) is 5.28 Å². The Bertz CT molecular complexity index is 326.